The van der Waals surface area contributed by atoms with Crippen LogP contribution in [-0.4, -0.2) is 24.4 Å². The van der Waals surface area contributed by atoms with Crippen molar-refractivity contribution in [1.82, 2.24) is 0 Å². The molecule has 0 saturated heterocycles. The smallest absolute Gasteiger partial charge is 0.278 e. The third-order valence-corrected chi connectivity index (χ3v) is 3.72. The topological polar surface area (TPSA) is 74.0 Å². The van der Waals surface area contributed by atoms with Gasteiger partial charge in [-0.3, -0.25) is 15.1 Å². The molecule has 3 rings (SSSR count). The summed E-state index contributed by atoms with van der Waals surface area (Å²) >= 11 is 3.41. The van der Waals surface area contributed by atoms with E-state index in [-0.39, 0.29) is 5.69 Å². The lowest BCUT2D eigenvalue weighted by Gasteiger charge is -2.18. The second-order valence-electron chi connectivity index (χ2n) is 4.52. The second kappa shape index (κ2) is 6.15. The van der Waals surface area contributed by atoms with E-state index >= 15 is 0 Å². The first-order valence-electron chi connectivity index (χ1n) is 6.52. The molecular formula is C15H11BrN2O4. The minimum absolute atomic E-state index is 0.0138. The Balaban J connectivity index is 1.95. The van der Waals surface area contributed by atoms with E-state index < -0.39 is 4.92 Å². The summed E-state index contributed by atoms with van der Waals surface area (Å²) in [6, 6.07) is 9.96. The molecule has 0 amide bonds. The third-order valence-electron chi connectivity index (χ3n) is 3.09. The molecule has 22 heavy (non-hydrogen) atoms. The fourth-order valence-electron chi connectivity index (χ4n) is 2.05. The number of hydrogen-bond donors (Lipinski definition) is 0. The van der Waals surface area contributed by atoms with Gasteiger partial charge in [0.1, 0.15) is 13.2 Å². The van der Waals surface area contributed by atoms with Crippen molar-refractivity contribution in [1.29, 1.82) is 0 Å². The molecule has 0 radical (unpaired) electrons. The molecule has 2 aromatic rings. The van der Waals surface area contributed by atoms with E-state index in [1.165, 1.54) is 12.3 Å². The zero-order chi connectivity index (χ0) is 15.5. The molecule has 1 heterocycles. The fourth-order valence-corrected chi connectivity index (χ4v) is 2.48. The number of nitro benzene ring substituents is 1. The number of hydrogen-bond acceptors (Lipinski definition) is 5. The second-order valence-corrected chi connectivity index (χ2v) is 5.38. The van der Waals surface area contributed by atoms with Gasteiger partial charge in [-0.25, -0.2) is 0 Å². The maximum atomic E-state index is 11.0. The van der Waals surface area contributed by atoms with E-state index in [9.17, 15) is 10.1 Å². The Morgan fingerprint density at radius 2 is 1.86 bits per heavy atom. The number of nitrogens with zero attached hydrogens (tertiary/aromatic N) is 2. The number of halogens is 1. The van der Waals surface area contributed by atoms with E-state index in [0.29, 0.717) is 36.0 Å². The highest BCUT2D eigenvalue weighted by Crippen LogP contribution is 2.39. The number of fused-ring (bicyclic) bond motifs is 1. The average molecular weight is 363 g/mol. The molecule has 0 atom stereocenters. The van der Waals surface area contributed by atoms with Gasteiger partial charge >= 0.3 is 0 Å². The molecule has 0 spiro atoms. The Morgan fingerprint density at radius 1 is 1.18 bits per heavy atom. The van der Waals surface area contributed by atoms with Gasteiger partial charge in [0, 0.05) is 28.9 Å². The normalized spacial score (nSPS) is 13.3. The first kappa shape index (κ1) is 14.5. The molecule has 1 aliphatic heterocycles. The van der Waals surface area contributed by atoms with E-state index in [4.69, 9.17) is 9.47 Å². The lowest BCUT2D eigenvalue weighted by atomic mass is 10.2. The van der Waals surface area contributed by atoms with Crippen LogP contribution in [0.1, 0.15) is 5.56 Å². The number of benzene rings is 2. The van der Waals surface area contributed by atoms with E-state index in [1.54, 1.807) is 30.3 Å². The van der Waals surface area contributed by atoms with Crippen LogP contribution in [-0.2, 0) is 0 Å². The fraction of sp³-hybridized carbons (Fsp3) is 0.133. The van der Waals surface area contributed by atoms with Crippen molar-refractivity contribution in [3.63, 3.8) is 0 Å². The van der Waals surface area contributed by atoms with Gasteiger partial charge in [0.05, 0.1) is 16.2 Å². The van der Waals surface area contributed by atoms with Crippen LogP contribution in [0.4, 0.5) is 11.4 Å². The zero-order valence-electron chi connectivity index (χ0n) is 11.4. The molecule has 0 fully saturated rings. The Bertz CT molecular complexity index is 761. The molecule has 2 aromatic carbocycles. The molecule has 0 bridgehead atoms. The molecule has 0 saturated carbocycles. The number of para-hydroxylation sites is 1. The van der Waals surface area contributed by atoms with Crippen LogP contribution in [0.15, 0.2) is 45.9 Å². The molecule has 0 unspecified atom stereocenters. The van der Waals surface area contributed by atoms with Crippen molar-refractivity contribution in [2.75, 3.05) is 13.2 Å². The standard InChI is InChI=1S/C15H11BrN2O4/c16-11-7-14-15(22-6-5-21-14)8-12(11)17-9-10-3-1-2-4-13(10)18(19)20/h1-4,7-9H,5-6H2. The van der Waals surface area contributed by atoms with Crippen LogP contribution in [0.25, 0.3) is 0 Å². The summed E-state index contributed by atoms with van der Waals surface area (Å²) in [5, 5.41) is 11.0. The van der Waals surface area contributed by atoms with Gasteiger partial charge in [0.15, 0.2) is 11.5 Å². The largest absolute Gasteiger partial charge is 0.486 e. The zero-order valence-corrected chi connectivity index (χ0v) is 12.9. The molecule has 1 aliphatic rings. The quantitative estimate of drug-likeness (QED) is 0.471. The summed E-state index contributed by atoms with van der Waals surface area (Å²) in [4.78, 5) is 14.9. The Hall–Kier alpha value is -2.41. The van der Waals surface area contributed by atoms with Crippen LogP contribution in [0.5, 0.6) is 11.5 Å². The van der Waals surface area contributed by atoms with Gasteiger partial charge in [-0.1, -0.05) is 12.1 Å². The van der Waals surface area contributed by atoms with Crippen LogP contribution in [0.3, 0.4) is 0 Å². The van der Waals surface area contributed by atoms with Gasteiger partial charge in [-0.2, -0.15) is 0 Å². The predicted molar refractivity (Wildman–Crippen MR) is 85.5 cm³/mol. The summed E-state index contributed by atoms with van der Waals surface area (Å²) in [6.45, 7) is 1.00. The predicted octanol–water partition coefficient (Wildman–Crippen LogP) is 3.88. The van der Waals surface area contributed by atoms with E-state index in [0.717, 1.165) is 4.47 Å². The lowest BCUT2D eigenvalue weighted by molar-refractivity contribution is -0.385. The maximum Gasteiger partial charge on any atom is 0.278 e. The van der Waals surface area contributed by atoms with Crippen molar-refractivity contribution in [2.24, 2.45) is 4.99 Å². The average Bonchev–Trinajstić information content (AvgIpc) is 2.53. The summed E-state index contributed by atoms with van der Waals surface area (Å²) in [7, 11) is 0. The Morgan fingerprint density at radius 3 is 2.59 bits per heavy atom. The Labute approximate surface area is 134 Å². The highest BCUT2D eigenvalue weighted by atomic mass is 79.9. The first-order valence-corrected chi connectivity index (χ1v) is 7.31. The first-order chi connectivity index (χ1) is 10.6. The summed E-state index contributed by atoms with van der Waals surface area (Å²) in [6.07, 6.45) is 1.47. The van der Waals surface area contributed by atoms with Gasteiger partial charge in [0.25, 0.3) is 5.69 Å². The molecular weight excluding hydrogens is 352 g/mol. The monoisotopic (exact) mass is 362 g/mol. The van der Waals surface area contributed by atoms with Gasteiger partial charge in [-0.05, 0) is 22.0 Å². The van der Waals surface area contributed by atoms with Crippen molar-refractivity contribution >= 4 is 33.5 Å². The minimum Gasteiger partial charge on any atom is -0.486 e. The molecule has 6 nitrogen and oxygen atoms in total. The molecule has 112 valence electrons. The van der Waals surface area contributed by atoms with Crippen molar-refractivity contribution in [2.45, 2.75) is 0 Å². The molecule has 0 aliphatic carbocycles. The lowest BCUT2D eigenvalue weighted by Crippen LogP contribution is -2.15. The van der Waals surface area contributed by atoms with Gasteiger partial charge in [-0.15, -0.1) is 0 Å². The van der Waals surface area contributed by atoms with Crippen LogP contribution >= 0.6 is 15.9 Å². The molecule has 7 heteroatoms. The van der Waals surface area contributed by atoms with E-state index in [2.05, 4.69) is 20.9 Å². The van der Waals surface area contributed by atoms with Gasteiger partial charge in [0.2, 0.25) is 0 Å². The third kappa shape index (κ3) is 2.94. The van der Waals surface area contributed by atoms with Crippen LogP contribution in [0.2, 0.25) is 0 Å². The van der Waals surface area contributed by atoms with Crippen molar-refractivity contribution in [3.8, 4) is 11.5 Å². The summed E-state index contributed by atoms with van der Waals surface area (Å²) < 4.78 is 11.7. The van der Waals surface area contributed by atoms with Crippen LogP contribution < -0.4 is 9.47 Å². The highest BCUT2D eigenvalue weighted by molar-refractivity contribution is 9.10. The van der Waals surface area contributed by atoms with Crippen molar-refractivity contribution < 1.29 is 14.4 Å². The number of ether oxygens (including phenoxy) is 2. The number of aliphatic imine (C=N–C) groups is 1. The maximum absolute atomic E-state index is 11.0. The Kier molecular flexibility index (Phi) is 4.06. The number of nitro groups is 1. The highest BCUT2D eigenvalue weighted by Gasteiger charge is 2.15. The minimum atomic E-state index is -0.430. The molecule has 0 aromatic heterocycles. The van der Waals surface area contributed by atoms with Gasteiger partial charge < -0.3 is 9.47 Å². The van der Waals surface area contributed by atoms with Crippen molar-refractivity contribution in [3.05, 3.63) is 56.5 Å². The SMILES string of the molecule is O=[N+]([O-])c1ccccc1C=Nc1cc2c(cc1Br)OCCO2. The summed E-state index contributed by atoms with van der Waals surface area (Å²) in [5.74, 6) is 1.27. The summed E-state index contributed by atoms with van der Waals surface area (Å²) in [5.41, 5.74) is 1.07. The number of rotatable bonds is 3. The van der Waals surface area contributed by atoms with Crippen LogP contribution in [0, 0.1) is 10.1 Å². The van der Waals surface area contributed by atoms with E-state index in [1.807, 2.05) is 0 Å². The molecule has 0 N–H and O–H groups in total.